The van der Waals surface area contributed by atoms with Crippen LogP contribution in [0.2, 0.25) is 0 Å². The number of amides is 1. The Morgan fingerprint density at radius 3 is 2.21 bits per heavy atom. The van der Waals surface area contributed by atoms with Gasteiger partial charge in [-0.1, -0.05) is 30.3 Å². The molecule has 6 nitrogen and oxygen atoms in total. The van der Waals surface area contributed by atoms with E-state index in [1.165, 1.54) is 0 Å². The number of ether oxygens (including phenoxy) is 1. The van der Waals surface area contributed by atoms with Gasteiger partial charge in [-0.25, -0.2) is 9.93 Å². The van der Waals surface area contributed by atoms with Crippen LogP contribution < -0.4 is 5.14 Å². The lowest BCUT2D eigenvalue weighted by Gasteiger charge is -2.25. The van der Waals surface area contributed by atoms with Gasteiger partial charge in [0.25, 0.3) is 0 Å². The molecule has 106 valence electrons. The zero-order valence-electron chi connectivity index (χ0n) is 11.2. The van der Waals surface area contributed by atoms with Crippen molar-refractivity contribution in [2.75, 3.05) is 0 Å². The summed E-state index contributed by atoms with van der Waals surface area (Å²) < 4.78 is 28.5. The third-order valence-electron chi connectivity index (χ3n) is 2.07. The predicted molar refractivity (Wildman–Crippen MR) is 71.3 cm³/mol. The Morgan fingerprint density at radius 2 is 1.79 bits per heavy atom. The molecule has 0 bridgehead atoms. The Hall–Kier alpha value is -1.60. The fourth-order valence-corrected chi connectivity index (χ4v) is 1.89. The second-order valence-electron chi connectivity index (χ2n) is 5.02. The van der Waals surface area contributed by atoms with Gasteiger partial charge >= 0.3 is 16.3 Å². The summed E-state index contributed by atoms with van der Waals surface area (Å²) in [5.41, 5.74) is -0.154. The summed E-state index contributed by atoms with van der Waals surface area (Å²) >= 11 is 0. The van der Waals surface area contributed by atoms with Crippen LogP contribution in [0.5, 0.6) is 0 Å². The van der Waals surface area contributed by atoms with Crippen molar-refractivity contribution in [3.05, 3.63) is 35.9 Å². The molecular weight excluding hydrogens is 268 g/mol. The third kappa shape index (κ3) is 5.27. The molecule has 0 heterocycles. The second kappa shape index (κ2) is 5.58. The fraction of sp³-hybridized carbons (Fsp3) is 0.417. The number of hydrogen-bond donors (Lipinski definition) is 1. The Balaban J connectivity index is 2.95. The zero-order valence-corrected chi connectivity index (χ0v) is 12.0. The molecule has 1 rings (SSSR count). The Kier molecular flexibility index (Phi) is 4.54. The SMILES string of the molecule is CC(C)(C)OC(=O)N(Cc1ccccc1)S(N)(=O)=O. The molecule has 0 fully saturated rings. The van der Waals surface area contributed by atoms with E-state index in [4.69, 9.17) is 9.88 Å². The topological polar surface area (TPSA) is 89.7 Å². The third-order valence-corrected chi connectivity index (χ3v) is 2.97. The average molecular weight is 286 g/mol. The van der Waals surface area contributed by atoms with Crippen molar-refractivity contribution in [3.8, 4) is 0 Å². The molecule has 2 N–H and O–H groups in total. The number of benzene rings is 1. The van der Waals surface area contributed by atoms with Crippen molar-refractivity contribution in [2.24, 2.45) is 5.14 Å². The Labute approximate surface area is 113 Å². The maximum Gasteiger partial charge on any atom is 0.425 e. The minimum Gasteiger partial charge on any atom is -0.443 e. The first-order valence-corrected chi connectivity index (χ1v) is 7.17. The highest BCUT2D eigenvalue weighted by atomic mass is 32.2. The van der Waals surface area contributed by atoms with Crippen LogP contribution in [0.15, 0.2) is 30.3 Å². The summed E-state index contributed by atoms with van der Waals surface area (Å²) in [4.78, 5) is 11.9. The summed E-state index contributed by atoms with van der Waals surface area (Å²) in [6, 6.07) is 8.67. The monoisotopic (exact) mass is 286 g/mol. The van der Waals surface area contributed by atoms with E-state index in [1.54, 1.807) is 51.1 Å². The molecule has 0 aliphatic rings. The van der Waals surface area contributed by atoms with Crippen LogP contribution in [0.1, 0.15) is 26.3 Å². The van der Waals surface area contributed by atoms with Crippen molar-refractivity contribution in [2.45, 2.75) is 32.9 Å². The summed E-state index contributed by atoms with van der Waals surface area (Å²) in [6.07, 6.45) is -0.987. The van der Waals surface area contributed by atoms with Crippen LogP contribution in [-0.4, -0.2) is 24.4 Å². The molecule has 7 heteroatoms. The highest BCUT2D eigenvalue weighted by molar-refractivity contribution is 7.87. The molecule has 19 heavy (non-hydrogen) atoms. The smallest absolute Gasteiger partial charge is 0.425 e. The van der Waals surface area contributed by atoms with Gasteiger partial charge in [-0.05, 0) is 26.3 Å². The molecule has 0 radical (unpaired) electrons. The zero-order chi connectivity index (χ0) is 14.7. The molecule has 0 unspecified atom stereocenters. The van der Waals surface area contributed by atoms with Crippen molar-refractivity contribution in [3.63, 3.8) is 0 Å². The maximum absolute atomic E-state index is 11.9. The number of nitrogens with zero attached hydrogens (tertiary/aromatic N) is 1. The van der Waals surface area contributed by atoms with Crippen LogP contribution in [0.4, 0.5) is 4.79 Å². The van der Waals surface area contributed by atoms with Crippen LogP contribution in [-0.2, 0) is 21.5 Å². The van der Waals surface area contributed by atoms with E-state index in [2.05, 4.69) is 0 Å². The molecule has 1 amide bonds. The normalized spacial score (nSPS) is 12.0. The van der Waals surface area contributed by atoms with Crippen molar-refractivity contribution in [1.82, 2.24) is 4.31 Å². The predicted octanol–water partition coefficient (Wildman–Crippen LogP) is 1.63. The van der Waals surface area contributed by atoms with E-state index < -0.39 is 21.9 Å². The van der Waals surface area contributed by atoms with Gasteiger partial charge in [0.15, 0.2) is 0 Å². The summed E-state index contributed by atoms with van der Waals surface area (Å²) in [5, 5.41) is 5.04. The van der Waals surface area contributed by atoms with E-state index in [0.717, 1.165) is 0 Å². The standard InChI is InChI=1S/C12H18N2O4S/c1-12(2,3)18-11(15)14(19(13,16)17)9-10-7-5-4-6-8-10/h4-8H,9H2,1-3H3,(H2,13,16,17). The van der Waals surface area contributed by atoms with Crippen molar-refractivity contribution < 1.29 is 17.9 Å². The molecule has 0 spiro atoms. The van der Waals surface area contributed by atoms with Gasteiger partial charge in [-0.15, -0.1) is 0 Å². The first kappa shape index (κ1) is 15.5. The lowest BCUT2D eigenvalue weighted by Crippen LogP contribution is -2.43. The Morgan fingerprint density at radius 1 is 1.26 bits per heavy atom. The number of rotatable bonds is 3. The van der Waals surface area contributed by atoms with E-state index in [9.17, 15) is 13.2 Å². The first-order chi connectivity index (χ1) is 8.59. The molecule has 0 atom stereocenters. The van der Waals surface area contributed by atoms with Gasteiger partial charge in [0, 0.05) is 0 Å². The van der Waals surface area contributed by atoms with Crippen molar-refractivity contribution >= 4 is 16.3 Å². The molecule has 0 aromatic heterocycles. The van der Waals surface area contributed by atoms with Gasteiger partial charge in [0.05, 0.1) is 6.54 Å². The molecule has 1 aromatic rings. The highest BCUT2D eigenvalue weighted by Crippen LogP contribution is 2.14. The van der Waals surface area contributed by atoms with Gasteiger partial charge in [0.1, 0.15) is 5.60 Å². The first-order valence-electron chi connectivity index (χ1n) is 5.67. The number of hydrogen-bond acceptors (Lipinski definition) is 4. The molecule has 0 saturated carbocycles. The largest absolute Gasteiger partial charge is 0.443 e. The number of carbonyl (C=O) groups excluding carboxylic acids is 1. The van der Waals surface area contributed by atoms with Gasteiger partial charge in [0.2, 0.25) is 0 Å². The van der Waals surface area contributed by atoms with E-state index >= 15 is 0 Å². The number of carbonyl (C=O) groups is 1. The quantitative estimate of drug-likeness (QED) is 0.914. The molecule has 0 aliphatic carbocycles. The molecule has 0 aliphatic heterocycles. The summed E-state index contributed by atoms with van der Waals surface area (Å²) in [6.45, 7) is 4.78. The van der Waals surface area contributed by atoms with Gasteiger partial charge in [-0.3, -0.25) is 0 Å². The minimum atomic E-state index is -4.18. The van der Waals surface area contributed by atoms with E-state index in [0.29, 0.717) is 9.87 Å². The van der Waals surface area contributed by atoms with Crippen LogP contribution in [0.25, 0.3) is 0 Å². The number of nitrogens with two attached hydrogens (primary N) is 1. The Bertz CT molecular complexity index is 535. The highest BCUT2D eigenvalue weighted by Gasteiger charge is 2.29. The van der Waals surface area contributed by atoms with Crippen LogP contribution >= 0.6 is 0 Å². The van der Waals surface area contributed by atoms with Crippen LogP contribution in [0, 0.1) is 0 Å². The lowest BCUT2D eigenvalue weighted by atomic mass is 10.2. The second-order valence-corrected chi connectivity index (χ2v) is 6.49. The molecule has 1 aromatic carbocycles. The van der Waals surface area contributed by atoms with Gasteiger partial charge < -0.3 is 4.74 Å². The maximum atomic E-state index is 11.9. The van der Waals surface area contributed by atoms with Gasteiger partial charge in [-0.2, -0.15) is 12.7 Å². The molecule has 0 saturated heterocycles. The fourth-order valence-electron chi connectivity index (χ4n) is 1.32. The minimum absolute atomic E-state index is 0.158. The molecular formula is C12H18N2O4S. The summed E-state index contributed by atoms with van der Waals surface area (Å²) in [5.74, 6) is 0. The van der Waals surface area contributed by atoms with E-state index in [-0.39, 0.29) is 6.54 Å². The summed E-state index contributed by atoms with van der Waals surface area (Å²) in [7, 11) is -4.18. The van der Waals surface area contributed by atoms with E-state index in [1.807, 2.05) is 0 Å². The van der Waals surface area contributed by atoms with Crippen molar-refractivity contribution in [1.29, 1.82) is 0 Å². The van der Waals surface area contributed by atoms with Crippen LogP contribution in [0.3, 0.4) is 0 Å². The average Bonchev–Trinajstić information content (AvgIpc) is 2.23. The lowest BCUT2D eigenvalue weighted by molar-refractivity contribution is 0.0381.